The molecule has 0 aliphatic rings. The van der Waals surface area contributed by atoms with Gasteiger partial charge in [0, 0.05) is 60.3 Å². The molecule has 0 atom stereocenters. The van der Waals surface area contributed by atoms with Gasteiger partial charge >= 0.3 is 29.6 Å². The Hall–Kier alpha value is -0.617. The summed E-state index contributed by atoms with van der Waals surface area (Å²) in [7, 11) is 0. The van der Waals surface area contributed by atoms with Gasteiger partial charge in [0.25, 0.3) is 23.9 Å². The maximum Gasteiger partial charge on any atom is 1.00 e. The molecular weight excluding hydrogens is 379 g/mol. The van der Waals surface area contributed by atoms with Gasteiger partial charge in [0.15, 0.2) is 0 Å². The fraction of sp³-hybridized carbons (Fsp3) is 0.600. The van der Waals surface area contributed by atoms with Crippen molar-refractivity contribution in [1.29, 1.82) is 0 Å². The van der Waals surface area contributed by atoms with Gasteiger partial charge in [0.05, 0.1) is 0 Å². The monoisotopic (exact) mass is 405 g/mol. The maximum absolute atomic E-state index is 9.00. The molecule has 0 aromatic rings. The van der Waals surface area contributed by atoms with E-state index in [2.05, 4.69) is 0 Å². The van der Waals surface area contributed by atoms with Gasteiger partial charge in [-0.25, -0.2) is 0 Å². The van der Waals surface area contributed by atoms with E-state index >= 15 is 0 Å². The normalized spacial score (nSPS) is 5.65. The Morgan fingerprint density at radius 2 is 0.739 bits per heavy atom. The van der Waals surface area contributed by atoms with Crippen LogP contribution in [0.5, 0.6) is 0 Å². The van der Waals surface area contributed by atoms with E-state index in [1.54, 1.807) is 0 Å². The number of carbonyl (C=O) groups is 4. The van der Waals surface area contributed by atoms with Crippen LogP contribution in [0.2, 0.25) is 0 Å². The second-order valence-electron chi connectivity index (χ2n) is 2.65. The van der Waals surface area contributed by atoms with Crippen molar-refractivity contribution in [3.05, 3.63) is 0 Å². The molecule has 0 aromatic carbocycles. The molecule has 0 radical (unpaired) electrons. The first-order valence-electron chi connectivity index (χ1n) is 5.03. The number of carboxylic acids is 4. The number of rotatable bonds is 1. The van der Waals surface area contributed by atoms with E-state index in [0.29, 0.717) is 13.1 Å². The zero-order valence-electron chi connectivity index (χ0n) is 15.4. The van der Waals surface area contributed by atoms with Crippen LogP contribution in [0, 0.1) is 0 Å². The smallest absolute Gasteiger partial charge is 1.00 e. The summed E-state index contributed by atoms with van der Waals surface area (Å²) in [5.41, 5.74) is 9.81. The van der Waals surface area contributed by atoms with Crippen LogP contribution in [-0.4, -0.2) is 57.4 Å². The van der Waals surface area contributed by atoms with Gasteiger partial charge < -0.3 is 39.5 Å². The Bertz CT molecular complexity index is 210. The van der Waals surface area contributed by atoms with E-state index in [-0.39, 0.29) is 56.6 Å². The number of hydrogen-bond acceptors (Lipinski definition) is 7. The number of carboxylic acid groups (broad SMARTS) is 4. The average molecular weight is 407 g/mol. The molecule has 0 saturated heterocycles. The topological polar surface area (TPSA) is 236 Å². The minimum atomic E-state index is -0.833. The summed E-state index contributed by atoms with van der Waals surface area (Å²) in [6, 6.07) is 0. The third kappa shape index (κ3) is 54700. The van der Waals surface area contributed by atoms with Crippen molar-refractivity contribution in [2.45, 2.75) is 27.7 Å². The van der Waals surface area contributed by atoms with Gasteiger partial charge in [-0.15, -0.1) is 0 Å². The largest absolute Gasteiger partial charge is 1.00 e. The molecule has 0 bridgehead atoms. The van der Waals surface area contributed by atoms with Crippen molar-refractivity contribution >= 4 is 23.9 Å². The molecule has 13 heteroatoms. The predicted molar refractivity (Wildman–Crippen MR) is 77.5 cm³/mol. The van der Waals surface area contributed by atoms with E-state index in [4.69, 9.17) is 51.1 Å². The number of nitrogens with two attached hydrogens (primary N) is 2. The fourth-order valence-electron chi connectivity index (χ4n) is 0. The van der Waals surface area contributed by atoms with Gasteiger partial charge in [0.2, 0.25) is 0 Å². The van der Waals surface area contributed by atoms with Crippen molar-refractivity contribution in [2.24, 2.45) is 11.5 Å². The van der Waals surface area contributed by atoms with Crippen LogP contribution in [0.3, 0.4) is 0 Å². The van der Waals surface area contributed by atoms with Crippen LogP contribution in [0.4, 0.5) is 0 Å². The molecule has 11 N–H and O–H groups in total. The Labute approximate surface area is 171 Å². The molecule has 134 valence electrons. The van der Waals surface area contributed by atoms with Crippen LogP contribution in [-0.2, 0) is 38.7 Å². The molecule has 23 heavy (non-hydrogen) atoms. The van der Waals surface area contributed by atoms with Gasteiger partial charge in [0.1, 0.15) is 0 Å². The van der Waals surface area contributed by atoms with Gasteiger partial charge in [-0.3, -0.25) is 19.2 Å². The molecule has 0 rings (SSSR count). The molecule has 11 nitrogen and oxygen atoms in total. The Morgan fingerprint density at radius 1 is 0.696 bits per heavy atom. The summed E-state index contributed by atoms with van der Waals surface area (Å²) in [6.45, 7) is 5.53. The summed E-state index contributed by atoms with van der Waals surface area (Å²) >= 11 is 0. The van der Waals surface area contributed by atoms with Crippen molar-refractivity contribution in [1.82, 2.24) is 6.15 Å². The molecule has 0 amide bonds. The summed E-state index contributed by atoms with van der Waals surface area (Å²) in [5.74, 6) is -3.33. The average Bonchev–Trinajstić information content (AvgIpc) is 2.13. The predicted octanol–water partition coefficient (Wildman–Crippen LogP) is -3.46. The molecule has 0 unspecified atom stereocenters. The fourth-order valence-corrected chi connectivity index (χ4v) is 0. The second kappa shape index (κ2) is 49.6. The minimum Gasteiger partial charge on any atom is -1.00 e. The molecule has 0 fully saturated rings. The summed E-state index contributed by atoms with van der Waals surface area (Å²) in [5, 5.41) is 29.7. The zero-order chi connectivity index (χ0) is 17.7. The molecule has 0 aromatic heterocycles. The van der Waals surface area contributed by atoms with Crippen LogP contribution in [0.25, 0.3) is 0 Å². The SMILES string of the molecule is CC(=O)O.CC(=O)O.CC(=O)O.CC(=O)O.N.NCCN.[H-].[Na+].[Zn]. The van der Waals surface area contributed by atoms with Crippen molar-refractivity contribution in [3.8, 4) is 0 Å². The van der Waals surface area contributed by atoms with Crippen LogP contribution in [0.1, 0.15) is 29.1 Å². The van der Waals surface area contributed by atoms with E-state index in [0.717, 1.165) is 27.7 Å². The van der Waals surface area contributed by atoms with Gasteiger partial charge in [-0.2, -0.15) is 0 Å². The standard InChI is InChI=1S/C2H8N2.4C2H4O2.H3N.Na.Zn.H/c3-1-2-4;4*1-2(3)4;;;;/h1-4H2;4*1H3,(H,3,4);1H3;;;/q;;;;;;+1;;-1. The van der Waals surface area contributed by atoms with Crippen LogP contribution < -0.4 is 47.2 Å². The van der Waals surface area contributed by atoms with Crippen molar-refractivity contribution in [3.63, 3.8) is 0 Å². The van der Waals surface area contributed by atoms with E-state index in [1.807, 2.05) is 0 Å². The third-order valence-corrected chi connectivity index (χ3v) is 0.167. The van der Waals surface area contributed by atoms with Crippen molar-refractivity contribution < 1.29 is 90.1 Å². The molecule has 0 aliphatic carbocycles. The Balaban J connectivity index is -0.0000000161. The van der Waals surface area contributed by atoms with Crippen molar-refractivity contribution in [2.75, 3.05) is 13.1 Å². The summed E-state index contributed by atoms with van der Waals surface area (Å²) < 4.78 is 0. The Morgan fingerprint density at radius 3 is 0.739 bits per heavy atom. The first-order valence-corrected chi connectivity index (χ1v) is 5.03. The molecule has 0 heterocycles. The minimum absolute atomic E-state index is 0. The summed E-state index contributed by atoms with van der Waals surface area (Å²) in [4.78, 5) is 36.0. The number of hydrogen-bond donors (Lipinski definition) is 7. The Kier molecular flexibility index (Phi) is 107. The van der Waals surface area contributed by atoms with Crippen LogP contribution >= 0.6 is 0 Å². The molecular formula is C10H28N3NaO8Zn. The maximum atomic E-state index is 9.00. The first-order chi connectivity index (χ1) is 8.84. The summed E-state index contributed by atoms with van der Waals surface area (Å²) in [6.07, 6.45) is 0. The van der Waals surface area contributed by atoms with E-state index in [1.165, 1.54) is 0 Å². The second-order valence-corrected chi connectivity index (χ2v) is 2.65. The first kappa shape index (κ1) is 49.5. The van der Waals surface area contributed by atoms with E-state index in [9.17, 15) is 0 Å². The third-order valence-electron chi connectivity index (χ3n) is 0.167. The molecule has 0 spiro atoms. The van der Waals surface area contributed by atoms with E-state index < -0.39 is 23.9 Å². The molecule has 0 saturated carbocycles. The molecule has 0 aliphatic heterocycles. The van der Waals surface area contributed by atoms with Gasteiger partial charge in [-0.1, -0.05) is 0 Å². The van der Waals surface area contributed by atoms with Crippen LogP contribution in [0.15, 0.2) is 0 Å². The van der Waals surface area contributed by atoms with Gasteiger partial charge in [-0.05, 0) is 0 Å². The zero-order valence-corrected chi connectivity index (χ0v) is 19.4. The number of aliphatic carboxylic acids is 4. The quantitative estimate of drug-likeness (QED) is 0.211.